The summed E-state index contributed by atoms with van der Waals surface area (Å²) in [4.78, 5) is 37.5. The Hall–Kier alpha value is -2.38. The quantitative estimate of drug-likeness (QED) is 0.680. The lowest BCUT2D eigenvalue weighted by Crippen LogP contribution is -2.47. The van der Waals surface area contributed by atoms with E-state index in [1.165, 1.54) is 0 Å². The fourth-order valence-corrected chi connectivity index (χ4v) is 2.81. The van der Waals surface area contributed by atoms with Gasteiger partial charge in [0.05, 0.1) is 12.2 Å². The van der Waals surface area contributed by atoms with E-state index in [-0.39, 0.29) is 30.3 Å². The van der Waals surface area contributed by atoms with Crippen LogP contribution < -0.4 is 10.6 Å². The van der Waals surface area contributed by atoms with Gasteiger partial charge in [0.1, 0.15) is 12.1 Å². The SMILES string of the molecule is CC(NC(=O)CN1C(=O)NC(C)(C2CC2)C1=O)c1cn[nH]c1. The second-order valence-electron chi connectivity index (χ2n) is 6.12. The molecule has 1 aliphatic heterocycles. The number of amides is 4. The maximum Gasteiger partial charge on any atom is 0.325 e. The molecule has 0 bridgehead atoms. The zero-order valence-electron chi connectivity index (χ0n) is 12.5. The molecule has 8 nitrogen and oxygen atoms in total. The highest BCUT2D eigenvalue weighted by atomic mass is 16.2. The Bertz CT molecular complexity index is 610. The molecule has 0 radical (unpaired) electrons. The van der Waals surface area contributed by atoms with Gasteiger partial charge in [-0.25, -0.2) is 4.79 Å². The predicted molar refractivity (Wildman–Crippen MR) is 76.5 cm³/mol. The minimum atomic E-state index is -0.854. The Labute approximate surface area is 127 Å². The van der Waals surface area contributed by atoms with Gasteiger partial charge in [-0.3, -0.25) is 19.6 Å². The van der Waals surface area contributed by atoms with Gasteiger partial charge in [0, 0.05) is 11.8 Å². The number of H-pyrrole nitrogens is 1. The van der Waals surface area contributed by atoms with Gasteiger partial charge < -0.3 is 10.6 Å². The number of carbonyl (C=O) groups is 3. The summed E-state index contributed by atoms with van der Waals surface area (Å²) < 4.78 is 0. The first-order valence-corrected chi connectivity index (χ1v) is 7.34. The van der Waals surface area contributed by atoms with Gasteiger partial charge in [0.25, 0.3) is 5.91 Å². The largest absolute Gasteiger partial charge is 0.348 e. The summed E-state index contributed by atoms with van der Waals surface area (Å²) in [5.74, 6) is -0.509. The topological polar surface area (TPSA) is 107 Å². The highest BCUT2D eigenvalue weighted by Crippen LogP contribution is 2.42. The number of nitrogens with zero attached hydrogens (tertiary/aromatic N) is 2. The van der Waals surface area contributed by atoms with E-state index in [1.807, 2.05) is 6.92 Å². The van der Waals surface area contributed by atoms with Crippen molar-refractivity contribution in [2.75, 3.05) is 6.54 Å². The first-order valence-electron chi connectivity index (χ1n) is 7.34. The molecule has 2 atom stereocenters. The van der Waals surface area contributed by atoms with Crippen LogP contribution in [-0.2, 0) is 9.59 Å². The Balaban J connectivity index is 1.61. The number of urea groups is 1. The summed E-state index contributed by atoms with van der Waals surface area (Å²) in [6, 6.07) is -0.743. The van der Waals surface area contributed by atoms with Gasteiger partial charge in [-0.2, -0.15) is 5.10 Å². The van der Waals surface area contributed by atoms with Crippen molar-refractivity contribution < 1.29 is 14.4 Å². The number of carbonyl (C=O) groups excluding carboxylic acids is 3. The molecule has 22 heavy (non-hydrogen) atoms. The van der Waals surface area contributed by atoms with Crippen molar-refractivity contribution in [1.29, 1.82) is 0 Å². The van der Waals surface area contributed by atoms with Crippen LogP contribution in [0.3, 0.4) is 0 Å². The van der Waals surface area contributed by atoms with Crippen molar-refractivity contribution in [3.05, 3.63) is 18.0 Å². The van der Waals surface area contributed by atoms with Crippen LogP contribution in [0.25, 0.3) is 0 Å². The average molecular weight is 305 g/mol. The summed E-state index contributed by atoms with van der Waals surface area (Å²) in [7, 11) is 0. The van der Waals surface area contributed by atoms with E-state index in [0.717, 1.165) is 23.3 Å². The number of nitrogens with one attached hydrogen (secondary N) is 3. The first-order chi connectivity index (χ1) is 10.4. The molecule has 2 heterocycles. The summed E-state index contributed by atoms with van der Waals surface area (Å²) >= 11 is 0. The molecule has 118 valence electrons. The van der Waals surface area contributed by atoms with Gasteiger partial charge in [-0.15, -0.1) is 0 Å². The van der Waals surface area contributed by atoms with Crippen molar-refractivity contribution in [3.8, 4) is 0 Å². The van der Waals surface area contributed by atoms with Gasteiger partial charge in [-0.1, -0.05) is 0 Å². The maximum atomic E-state index is 12.4. The highest BCUT2D eigenvalue weighted by molar-refractivity contribution is 6.09. The van der Waals surface area contributed by atoms with Crippen LogP contribution in [0, 0.1) is 5.92 Å². The van der Waals surface area contributed by atoms with Crippen molar-refractivity contribution in [2.45, 2.75) is 38.3 Å². The Morgan fingerprint density at radius 2 is 2.27 bits per heavy atom. The van der Waals surface area contributed by atoms with Crippen LogP contribution in [0.4, 0.5) is 4.79 Å². The molecule has 4 amide bonds. The standard InChI is InChI=1S/C14H19N5O3/c1-8(9-5-15-16-6-9)17-11(20)7-19-12(21)14(2,10-3-4-10)18-13(19)22/h5-6,8,10H,3-4,7H2,1-2H3,(H,15,16)(H,17,20)(H,18,22). The molecular formula is C14H19N5O3. The molecule has 3 N–H and O–H groups in total. The van der Waals surface area contributed by atoms with Gasteiger partial charge in [-0.05, 0) is 32.6 Å². The summed E-state index contributed by atoms with van der Waals surface area (Å²) in [5.41, 5.74) is -0.0264. The van der Waals surface area contributed by atoms with E-state index in [2.05, 4.69) is 20.8 Å². The minimum Gasteiger partial charge on any atom is -0.348 e. The monoisotopic (exact) mass is 305 g/mol. The molecular weight excluding hydrogens is 286 g/mol. The number of aromatic nitrogens is 2. The van der Waals surface area contributed by atoms with E-state index in [9.17, 15) is 14.4 Å². The number of hydrogen-bond acceptors (Lipinski definition) is 4. The Morgan fingerprint density at radius 1 is 1.55 bits per heavy atom. The number of imide groups is 1. The second-order valence-corrected chi connectivity index (χ2v) is 6.12. The fourth-order valence-electron chi connectivity index (χ4n) is 2.81. The Morgan fingerprint density at radius 3 is 2.86 bits per heavy atom. The second kappa shape index (κ2) is 5.11. The van der Waals surface area contributed by atoms with E-state index < -0.39 is 11.6 Å². The maximum absolute atomic E-state index is 12.4. The predicted octanol–water partition coefficient (Wildman–Crippen LogP) is 0.307. The molecule has 1 aliphatic carbocycles. The molecule has 0 spiro atoms. The Kier molecular flexibility index (Phi) is 3.38. The van der Waals surface area contributed by atoms with E-state index >= 15 is 0 Å². The lowest BCUT2D eigenvalue weighted by atomic mass is 9.96. The third-order valence-corrected chi connectivity index (χ3v) is 4.39. The molecule has 1 saturated heterocycles. The van der Waals surface area contributed by atoms with Crippen LogP contribution in [0.2, 0.25) is 0 Å². The lowest BCUT2D eigenvalue weighted by molar-refractivity contribution is -0.135. The van der Waals surface area contributed by atoms with Crippen LogP contribution in [0.1, 0.15) is 38.3 Å². The van der Waals surface area contributed by atoms with Crippen LogP contribution >= 0.6 is 0 Å². The smallest absolute Gasteiger partial charge is 0.325 e. The van der Waals surface area contributed by atoms with E-state index in [0.29, 0.717) is 0 Å². The zero-order chi connectivity index (χ0) is 15.9. The molecule has 0 aromatic carbocycles. The third kappa shape index (κ3) is 2.44. The van der Waals surface area contributed by atoms with E-state index in [1.54, 1.807) is 19.3 Å². The zero-order valence-corrected chi connectivity index (χ0v) is 12.5. The van der Waals surface area contributed by atoms with Crippen molar-refractivity contribution in [1.82, 2.24) is 25.7 Å². The number of rotatable bonds is 5. The molecule has 2 fully saturated rings. The van der Waals surface area contributed by atoms with Crippen molar-refractivity contribution in [3.63, 3.8) is 0 Å². The first kappa shape index (κ1) is 14.6. The van der Waals surface area contributed by atoms with Crippen LogP contribution in [0.5, 0.6) is 0 Å². The van der Waals surface area contributed by atoms with Crippen molar-refractivity contribution in [2.24, 2.45) is 5.92 Å². The minimum absolute atomic E-state index is 0.182. The highest BCUT2D eigenvalue weighted by Gasteiger charge is 2.56. The molecule has 2 unspecified atom stereocenters. The summed E-state index contributed by atoms with van der Waals surface area (Å²) in [5, 5.41) is 12.0. The summed E-state index contributed by atoms with van der Waals surface area (Å²) in [6.45, 7) is 3.27. The number of hydrogen-bond donors (Lipinski definition) is 3. The van der Waals surface area contributed by atoms with Gasteiger partial charge >= 0.3 is 6.03 Å². The normalized spacial score (nSPS) is 26.0. The molecule has 1 aromatic heterocycles. The van der Waals surface area contributed by atoms with Gasteiger partial charge in [0.2, 0.25) is 5.91 Å². The van der Waals surface area contributed by atoms with E-state index in [4.69, 9.17) is 0 Å². The molecule has 3 rings (SSSR count). The molecule has 8 heteroatoms. The summed E-state index contributed by atoms with van der Waals surface area (Å²) in [6.07, 6.45) is 5.16. The third-order valence-electron chi connectivity index (χ3n) is 4.39. The van der Waals surface area contributed by atoms with Crippen LogP contribution in [0.15, 0.2) is 12.4 Å². The molecule has 1 saturated carbocycles. The van der Waals surface area contributed by atoms with Gasteiger partial charge in [0.15, 0.2) is 0 Å². The molecule has 2 aliphatic rings. The molecule has 1 aromatic rings. The number of aromatic amines is 1. The lowest BCUT2D eigenvalue weighted by Gasteiger charge is -2.21. The average Bonchev–Trinajstić information content (AvgIpc) is 3.14. The van der Waals surface area contributed by atoms with Crippen molar-refractivity contribution >= 4 is 17.8 Å². The fraction of sp³-hybridized carbons (Fsp3) is 0.571. The van der Waals surface area contributed by atoms with Crippen LogP contribution in [-0.4, -0.2) is 45.0 Å².